The number of halogens is 3. The number of carbonyl (C=O) groups is 1. The Hall–Kier alpha value is -2.27. The van der Waals surface area contributed by atoms with E-state index in [1.165, 1.54) is 23.2 Å². The van der Waals surface area contributed by atoms with Gasteiger partial charge in [0.2, 0.25) is 5.76 Å². The molecule has 1 aliphatic rings. The summed E-state index contributed by atoms with van der Waals surface area (Å²) in [6, 6.07) is 4.56. The molecule has 1 amide bonds. The number of pyridine rings is 1. The van der Waals surface area contributed by atoms with Crippen LogP contribution in [0.5, 0.6) is 0 Å². The number of fused-ring (bicyclic) bond motifs is 1. The molecule has 140 valence electrons. The zero-order chi connectivity index (χ0) is 19.1. The third-order valence-corrected chi connectivity index (χ3v) is 5.06. The first-order chi connectivity index (χ1) is 12.9. The van der Waals surface area contributed by atoms with Gasteiger partial charge in [-0.15, -0.1) is 0 Å². The summed E-state index contributed by atoms with van der Waals surface area (Å²) >= 11 is 1.98. The zero-order valence-corrected chi connectivity index (χ0v) is 16.0. The van der Waals surface area contributed by atoms with Crippen LogP contribution < -0.4 is 5.32 Å². The highest BCUT2D eigenvalue weighted by molar-refractivity contribution is 14.1. The summed E-state index contributed by atoms with van der Waals surface area (Å²) in [7, 11) is 0. The number of amides is 1. The minimum absolute atomic E-state index is 0.123. The van der Waals surface area contributed by atoms with E-state index in [1.54, 1.807) is 6.07 Å². The molecule has 2 aromatic heterocycles. The number of aromatic nitrogens is 1. The van der Waals surface area contributed by atoms with E-state index in [1.807, 2.05) is 22.6 Å². The Labute approximate surface area is 166 Å². The van der Waals surface area contributed by atoms with Crippen LogP contribution in [0.15, 0.2) is 35.0 Å². The number of rotatable bonds is 3. The van der Waals surface area contributed by atoms with E-state index in [0.29, 0.717) is 16.5 Å². The molecule has 1 fully saturated rings. The molecular formula is C18H14F2IN3O3. The third-order valence-electron chi connectivity index (χ3n) is 4.39. The van der Waals surface area contributed by atoms with E-state index in [-0.39, 0.29) is 34.6 Å². The molecule has 0 bridgehead atoms. The van der Waals surface area contributed by atoms with Crippen LogP contribution in [0, 0.1) is 15.2 Å². The topological polar surface area (TPSA) is 78.6 Å². The summed E-state index contributed by atoms with van der Waals surface area (Å²) in [5.41, 5.74) is 0.128. The molecule has 1 saturated heterocycles. The number of carbonyl (C=O) groups excluding carboxylic acids is 1. The number of aliphatic hydroxyl groups excluding tert-OH is 1. The van der Waals surface area contributed by atoms with E-state index in [9.17, 15) is 18.7 Å². The molecule has 2 N–H and O–H groups in total. The maximum Gasteiger partial charge on any atom is 0.291 e. The van der Waals surface area contributed by atoms with Crippen molar-refractivity contribution < 1.29 is 23.1 Å². The van der Waals surface area contributed by atoms with Gasteiger partial charge in [0.05, 0.1) is 23.4 Å². The summed E-state index contributed by atoms with van der Waals surface area (Å²) in [5.74, 6) is -1.89. The number of benzene rings is 1. The molecule has 4 rings (SSSR count). The molecule has 3 heterocycles. The lowest BCUT2D eigenvalue weighted by atomic mass is 10.2. The van der Waals surface area contributed by atoms with Gasteiger partial charge in [0.25, 0.3) is 5.91 Å². The average molecular weight is 485 g/mol. The number of likely N-dealkylation sites (tertiary alicyclic amines) is 1. The maximum atomic E-state index is 14.3. The molecule has 27 heavy (non-hydrogen) atoms. The molecule has 1 aromatic carbocycles. The van der Waals surface area contributed by atoms with Gasteiger partial charge in [-0.3, -0.25) is 9.78 Å². The van der Waals surface area contributed by atoms with Crippen LogP contribution >= 0.6 is 22.6 Å². The summed E-state index contributed by atoms with van der Waals surface area (Å²) in [6.45, 7) is 0.517. The van der Waals surface area contributed by atoms with Gasteiger partial charge >= 0.3 is 0 Å². The first-order valence-electron chi connectivity index (χ1n) is 8.19. The fourth-order valence-electron chi connectivity index (χ4n) is 3.05. The lowest BCUT2D eigenvalue weighted by Gasteiger charge is -2.15. The monoisotopic (exact) mass is 485 g/mol. The summed E-state index contributed by atoms with van der Waals surface area (Å²) in [5, 5.41) is 12.8. The highest BCUT2D eigenvalue weighted by Crippen LogP contribution is 2.36. The Bertz CT molecular complexity index is 1040. The molecular weight excluding hydrogens is 471 g/mol. The molecule has 3 aromatic rings. The fourth-order valence-corrected chi connectivity index (χ4v) is 3.50. The van der Waals surface area contributed by atoms with Crippen molar-refractivity contribution in [1.82, 2.24) is 9.88 Å². The zero-order valence-electron chi connectivity index (χ0n) is 13.9. The van der Waals surface area contributed by atoms with Gasteiger partial charge < -0.3 is 19.7 Å². The molecule has 1 atom stereocenters. The minimum Gasteiger partial charge on any atom is -0.445 e. The fraction of sp³-hybridized carbons (Fsp3) is 0.222. The Kier molecular flexibility index (Phi) is 4.72. The van der Waals surface area contributed by atoms with Crippen LogP contribution in [0.1, 0.15) is 17.0 Å². The van der Waals surface area contributed by atoms with E-state index in [4.69, 9.17) is 4.42 Å². The number of β-amino-alcohol motifs (C(OH)–C–C–N with tert-alkyl or cyclic N) is 1. The van der Waals surface area contributed by atoms with Gasteiger partial charge in [-0.1, -0.05) is 0 Å². The largest absolute Gasteiger partial charge is 0.445 e. The molecule has 0 radical (unpaired) electrons. The lowest BCUT2D eigenvalue weighted by Crippen LogP contribution is -2.29. The highest BCUT2D eigenvalue weighted by Gasteiger charge is 2.31. The molecule has 1 aliphatic heterocycles. The predicted molar refractivity (Wildman–Crippen MR) is 103 cm³/mol. The van der Waals surface area contributed by atoms with Gasteiger partial charge in [-0.05, 0) is 47.2 Å². The quantitative estimate of drug-likeness (QED) is 0.554. The Morgan fingerprint density at radius 1 is 1.33 bits per heavy atom. The van der Waals surface area contributed by atoms with Crippen LogP contribution in [0.4, 0.5) is 20.2 Å². The molecule has 1 unspecified atom stereocenters. The van der Waals surface area contributed by atoms with Gasteiger partial charge in [-0.2, -0.15) is 0 Å². The molecule has 6 nitrogen and oxygen atoms in total. The normalized spacial score (nSPS) is 16.9. The number of nitrogens with one attached hydrogen (secondary N) is 1. The second-order valence-electron chi connectivity index (χ2n) is 6.25. The van der Waals surface area contributed by atoms with E-state index in [0.717, 1.165) is 6.20 Å². The second-order valence-corrected chi connectivity index (χ2v) is 7.49. The molecule has 9 heteroatoms. The van der Waals surface area contributed by atoms with Crippen LogP contribution in [0.25, 0.3) is 11.0 Å². The standard InChI is InChI=1S/C18H14F2IN3O3/c19-12-5-9(21)1-2-14(12)23-15-11-6-22-7-13(20)16(11)27-17(15)18(26)24-4-3-10(25)8-24/h1-2,5-7,10,23,25H,3-4,8H2. The van der Waals surface area contributed by atoms with Crippen molar-refractivity contribution in [2.24, 2.45) is 0 Å². The number of hydrogen-bond donors (Lipinski definition) is 2. The van der Waals surface area contributed by atoms with Gasteiger partial charge in [-0.25, -0.2) is 8.78 Å². The van der Waals surface area contributed by atoms with Crippen LogP contribution in [0.2, 0.25) is 0 Å². The van der Waals surface area contributed by atoms with E-state index >= 15 is 0 Å². The minimum atomic E-state index is -0.723. The van der Waals surface area contributed by atoms with Crippen LogP contribution in [-0.4, -0.2) is 40.1 Å². The number of hydrogen-bond acceptors (Lipinski definition) is 5. The van der Waals surface area contributed by atoms with Crippen molar-refractivity contribution in [3.8, 4) is 0 Å². The third kappa shape index (κ3) is 3.36. The van der Waals surface area contributed by atoms with E-state index in [2.05, 4.69) is 10.3 Å². The summed E-state index contributed by atoms with van der Waals surface area (Å²) in [4.78, 5) is 18.1. The predicted octanol–water partition coefficient (Wildman–Crippen LogP) is 3.66. The second kappa shape index (κ2) is 7.04. The number of aliphatic hydroxyl groups is 1. The first kappa shape index (κ1) is 18.1. The maximum absolute atomic E-state index is 14.3. The van der Waals surface area contributed by atoms with Crippen molar-refractivity contribution in [2.45, 2.75) is 12.5 Å². The Morgan fingerprint density at radius 3 is 2.85 bits per heavy atom. The number of anilines is 2. The molecule has 0 saturated carbocycles. The summed E-state index contributed by atoms with van der Waals surface area (Å²) < 4.78 is 34.6. The average Bonchev–Trinajstić information content (AvgIpc) is 3.22. The van der Waals surface area contributed by atoms with Crippen molar-refractivity contribution in [3.05, 3.63) is 51.6 Å². The Balaban J connectivity index is 1.82. The highest BCUT2D eigenvalue weighted by atomic mass is 127. The summed E-state index contributed by atoms with van der Waals surface area (Å²) in [6.07, 6.45) is 2.18. The van der Waals surface area contributed by atoms with Crippen molar-refractivity contribution in [3.63, 3.8) is 0 Å². The lowest BCUT2D eigenvalue weighted by molar-refractivity contribution is 0.0737. The van der Waals surface area contributed by atoms with Gasteiger partial charge in [0, 0.05) is 22.9 Å². The van der Waals surface area contributed by atoms with Crippen LogP contribution in [-0.2, 0) is 0 Å². The molecule has 0 aliphatic carbocycles. The van der Waals surface area contributed by atoms with Crippen molar-refractivity contribution >= 4 is 50.8 Å². The number of nitrogens with zero attached hydrogens (tertiary/aromatic N) is 2. The first-order valence-corrected chi connectivity index (χ1v) is 9.27. The van der Waals surface area contributed by atoms with Gasteiger partial charge in [0.15, 0.2) is 11.4 Å². The van der Waals surface area contributed by atoms with Crippen LogP contribution in [0.3, 0.4) is 0 Å². The van der Waals surface area contributed by atoms with Crippen molar-refractivity contribution in [2.75, 3.05) is 18.4 Å². The SMILES string of the molecule is O=C(c1oc2c(F)cncc2c1Nc1ccc(I)cc1F)N1CCC(O)C1. The Morgan fingerprint density at radius 2 is 2.15 bits per heavy atom. The van der Waals surface area contributed by atoms with E-state index < -0.39 is 23.6 Å². The van der Waals surface area contributed by atoms with Gasteiger partial charge in [0.1, 0.15) is 11.5 Å². The number of furan rings is 1. The smallest absolute Gasteiger partial charge is 0.291 e. The molecule has 0 spiro atoms. The van der Waals surface area contributed by atoms with Crippen molar-refractivity contribution in [1.29, 1.82) is 0 Å².